The van der Waals surface area contributed by atoms with Gasteiger partial charge in [-0.05, 0) is 37.0 Å². The van der Waals surface area contributed by atoms with Gasteiger partial charge in [-0.2, -0.15) is 0 Å². The molecule has 2 rings (SSSR count). The summed E-state index contributed by atoms with van der Waals surface area (Å²) >= 11 is 0. The quantitative estimate of drug-likeness (QED) is 0.537. The molecule has 24 heavy (non-hydrogen) atoms. The molecule has 2 unspecified atom stereocenters. The Bertz CT molecular complexity index is 522. The molecule has 2 fully saturated rings. The third-order valence-electron chi connectivity index (χ3n) is 5.17. The lowest BCUT2D eigenvalue weighted by molar-refractivity contribution is -0.140. The van der Waals surface area contributed by atoms with Gasteiger partial charge in [0.15, 0.2) is 0 Å². The topological polar surface area (TPSA) is 122 Å². The molecular weight excluding hydrogens is 310 g/mol. The molecule has 0 aliphatic heterocycles. The number of rotatable bonds is 6. The van der Waals surface area contributed by atoms with Crippen LogP contribution in [0.4, 0.5) is 0 Å². The Hall–Kier alpha value is -1.63. The van der Waals surface area contributed by atoms with E-state index >= 15 is 0 Å². The second kappa shape index (κ2) is 6.70. The molecule has 3 atom stereocenters. The average molecular weight is 339 g/mol. The zero-order valence-corrected chi connectivity index (χ0v) is 14.7. The van der Waals surface area contributed by atoms with E-state index in [1.807, 2.05) is 0 Å². The minimum Gasteiger partial charge on any atom is -0.481 e. The number of hydrogen-bond donors (Lipinski definition) is 4. The normalized spacial score (nSPS) is 26.5. The fraction of sp³-hybridized carbons (Fsp3) is 0.824. The van der Waals surface area contributed by atoms with Crippen molar-refractivity contribution in [3.05, 3.63) is 0 Å². The van der Waals surface area contributed by atoms with Crippen LogP contribution >= 0.6 is 0 Å². The van der Waals surface area contributed by atoms with Crippen LogP contribution in [0, 0.1) is 17.3 Å². The van der Waals surface area contributed by atoms with Crippen molar-refractivity contribution in [2.24, 2.45) is 23.0 Å². The number of hydrogen-bond acceptors (Lipinski definition) is 4. The first-order valence-electron chi connectivity index (χ1n) is 8.65. The van der Waals surface area contributed by atoms with E-state index in [4.69, 9.17) is 10.8 Å². The molecule has 0 spiro atoms. The molecule has 7 nitrogen and oxygen atoms in total. The van der Waals surface area contributed by atoms with Gasteiger partial charge in [0.1, 0.15) is 5.66 Å². The van der Waals surface area contributed by atoms with Crippen LogP contribution < -0.4 is 16.4 Å². The van der Waals surface area contributed by atoms with Crippen LogP contribution in [0.5, 0.6) is 0 Å². The number of amides is 2. The van der Waals surface area contributed by atoms with Crippen molar-refractivity contribution in [3.8, 4) is 0 Å². The number of carboxylic acid groups (broad SMARTS) is 1. The molecule has 2 saturated carbocycles. The molecular formula is C17H29N3O4. The second-order valence-electron chi connectivity index (χ2n) is 8.27. The van der Waals surface area contributed by atoms with Crippen LogP contribution in [-0.4, -0.2) is 34.6 Å². The van der Waals surface area contributed by atoms with E-state index in [0.717, 1.165) is 19.3 Å². The molecule has 0 aromatic rings. The van der Waals surface area contributed by atoms with Crippen LogP contribution in [-0.2, 0) is 14.4 Å². The minimum atomic E-state index is -1.12. The van der Waals surface area contributed by atoms with Crippen LogP contribution in [0.2, 0.25) is 0 Å². The molecule has 0 heterocycles. The lowest BCUT2D eigenvalue weighted by Crippen LogP contribution is -2.56. The summed E-state index contributed by atoms with van der Waals surface area (Å²) in [5, 5.41) is 14.4. The monoisotopic (exact) mass is 339 g/mol. The lowest BCUT2D eigenvalue weighted by Gasteiger charge is -2.33. The molecule has 2 aliphatic carbocycles. The maximum atomic E-state index is 12.7. The molecule has 0 aromatic heterocycles. The maximum Gasteiger partial charge on any atom is 0.305 e. The molecule has 136 valence electrons. The van der Waals surface area contributed by atoms with Crippen molar-refractivity contribution in [3.63, 3.8) is 0 Å². The van der Waals surface area contributed by atoms with Gasteiger partial charge in [-0.3, -0.25) is 14.4 Å². The highest BCUT2D eigenvalue weighted by Gasteiger charge is 2.49. The average Bonchev–Trinajstić information content (AvgIpc) is 3.00. The summed E-state index contributed by atoms with van der Waals surface area (Å²) in [5.41, 5.74) is 4.91. The molecule has 2 aliphatic rings. The van der Waals surface area contributed by atoms with Gasteiger partial charge in [0.25, 0.3) is 0 Å². The highest BCUT2D eigenvalue weighted by atomic mass is 16.4. The zero-order valence-electron chi connectivity index (χ0n) is 14.7. The van der Waals surface area contributed by atoms with Gasteiger partial charge in [0.05, 0.1) is 12.5 Å². The van der Waals surface area contributed by atoms with Gasteiger partial charge < -0.3 is 21.5 Å². The first kappa shape index (κ1) is 18.7. The summed E-state index contributed by atoms with van der Waals surface area (Å²) in [4.78, 5) is 35.4. The number of nitrogens with two attached hydrogens (primary N) is 1. The van der Waals surface area contributed by atoms with Crippen LogP contribution in [0.15, 0.2) is 0 Å². The summed E-state index contributed by atoms with van der Waals surface area (Å²) in [6.07, 6.45) is 3.84. The Labute approximate surface area is 142 Å². The van der Waals surface area contributed by atoms with Crippen molar-refractivity contribution >= 4 is 17.8 Å². The predicted octanol–water partition coefficient (Wildman–Crippen LogP) is 0.973. The Morgan fingerprint density at radius 3 is 2.33 bits per heavy atom. The molecule has 5 N–H and O–H groups in total. The van der Waals surface area contributed by atoms with E-state index in [2.05, 4.69) is 31.4 Å². The van der Waals surface area contributed by atoms with E-state index in [-0.39, 0.29) is 17.2 Å². The van der Waals surface area contributed by atoms with Crippen LogP contribution in [0.3, 0.4) is 0 Å². The number of carbonyl (C=O) groups is 3. The number of aliphatic carboxylic acids is 1. The standard InChI is InChI=1S/C17H29N3O4/c1-16(2,3)11-6-4-5-10(11)14(23)19-17(7-8-17)20-15(24)12(18)9-13(21)22/h10-12H,4-9,18H2,1-3H3,(H,19,23)(H,20,24)(H,21,22)/t10?,11?,12-/m0/s1. The first-order valence-corrected chi connectivity index (χ1v) is 8.65. The minimum absolute atomic E-state index is 0.0166. The zero-order chi connectivity index (χ0) is 18.1. The highest BCUT2D eigenvalue weighted by Crippen LogP contribution is 2.44. The van der Waals surface area contributed by atoms with Crippen molar-refractivity contribution < 1.29 is 19.5 Å². The van der Waals surface area contributed by atoms with Crippen molar-refractivity contribution in [2.75, 3.05) is 0 Å². The summed E-state index contributed by atoms with van der Waals surface area (Å²) in [6.45, 7) is 6.47. The summed E-state index contributed by atoms with van der Waals surface area (Å²) in [7, 11) is 0. The summed E-state index contributed by atoms with van der Waals surface area (Å²) in [6, 6.07) is -1.11. The highest BCUT2D eigenvalue weighted by molar-refractivity contribution is 5.88. The number of carboxylic acids is 1. The van der Waals surface area contributed by atoms with E-state index in [0.29, 0.717) is 18.8 Å². The Morgan fingerprint density at radius 1 is 1.21 bits per heavy atom. The molecule has 0 saturated heterocycles. The maximum absolute atomic E-state index is 12.7. The lowest BCUT2D eigenvalue weighted by atomic mass is 9.74. The fourth-order valence-electron chi connectivity index (χ4n) is 3.65. The van der Waals surface area contributed by atoms with Crippen LogP contribution in [0.25, 0.3) is 0 Å². The number of nitrogens with one attached hydrogen (secondary N) is 2. The van der Waals surface area contributed by atoms with E-state index in [1.165, 1.54) is 0 Å². The molecule has 0 radical (unpaired) electrons. The van der Waals surface area contributed by atoms with Gasteiger partial charge in [-0.25, -0.2) is 0 Å². The third kappa shape index (κ3) is 4.47. The van der Waals surface area contributed by atoms with Gasteiger partial charge >= 0.3 is 5.97 Å². The van der Waals surface area contributed by atoms with Crippen LogP contribution in [0.1, 0.15) is 59.3 Å². The Kier molecular flexibility index (Phi) is 5.22. The third-order valence-corrected chi connectivity index (χ3v) is 5.17. The van der Waals surface area contributed by atoms with E-state index < -0.39 is 30.0 Å². The molecule has 7 heteroatoms. The Morgan fingerprint density at radius 2 is 1.83 bits per heavy atom. The molecule has 0 bridgehead atoms. The smallest absolute Gasteiger partial charge is 0.305 e. The van der Waals surface area contributed by atoms with Crippen molar-refractivity contribution in [2.45, 2.75) is 71.0 Å². The van der Waals surface area contributed by atoms with Crippen molar-refractivity contribution in [1.29, 1.82) is 0 Å². The SMILES string of the molecule is CC(C)(C)C1CCCC1C(=O)NC1(NC(=O)[C@@H](N)CC(=O)O)CC1. The van der Waals surface area contributed by atoms with Gasteiger partial charge in [0.2, 0.25) is 11.8 Å². The second-order valence-corrected chi connectivity index (χ2v) is 8.27. The fourth-order valence-corrected chi connectivity index (χ4v) is 3.65. The van der Waals surface area contributed by atoms with Gasteiger partial charge in [-0.15, -0.1) is 0 Å². The largest absolute Gasteiger partial charge is 0.481 e. The predicted molar refractivity (Wildman–Crippen MR) is 88.8 cm³/mol. The molecule has 0 aromatic carbocycles. The van der Waals surface area contributed by atoms with Crippen molar-refractivity contribution in [1.82, 2.24) is 10.6 Å². The first-order chi connectivity index (χ1) is 11.0. The summed E-state index contributed by atoms with van der Waals surface area (Å²) < 4.78 is 0. The molecule has 2 amide bonds. The number of carbonyl (C=O) groups excluding carboxylic acids is 2. The summed E-state index contributed by atoms with van der Waals surface area (Å²) in [5.74, 6) is -1.37. The Balaban J connectivity index is 1.94. The van der Waals surface area contributed by atoms with E-state index in [9.17, 15) is 14.4 Å². The van der Waals surface area contributed by atoms with Gasteiger partial charge in [0, 0.05) is 5.92 Å². The van der Waals surface area contributed by atoms with Gasteiger partial charge in [-0.1, -0.05) is 27.2 Å². The van der Waals surface area contributed by atoms with E-state index in [1.54, 1.807) is 0 Å².